The van der Waals surface area contributed by atoms with Crippen molar-refractivity contribution in [2.75, 3.05) is 6.61 Å². The molecule has 2 rings (SSSR count). The van der Waals surface area contributed by atoms with Crippen LogP contribution >= 0.6 is 0 Å². The van der Waals surface area contributed by atoms with Gasteiger partial charge in [0.2, 0.25) is 0 Å². The minimum Gasteiger partial charge on any atom is -0.376 e. The van der Waals surface area contributed by atoms with Crippen molar-refractivity contribution in [1.29, 1.82) is 0 Å². The van der Waals surface area contributed by atoms with Crippen molar-refractivity contribution in [2.45, 2.75) is 24.6 Å². The first-order valence-corrected chi connectivity index (χ1v) is 3.43. The third-order valence-electron chi connectivity index (χ3n) is 2.50. The van der Waals surface area contributed by atoms with Gasteiger partial charge in [-0.15, -0.1) is 0 Å². The first-order chi connectivity index (χ1) is 4.30. The van der Waals surface area contributed by atoms with Gasteiger partial charge in [0.05, 0.1) is 6.10 Å². The third-order valence-corrected chi connectivity index (χ3v) is 2.50. The van der Waals surface area contributed by atoms with Crippen LogP contribution in [-0.4, -0.2) is 24.8 Å². The normalized spacial score (nSPS) is 56.7. The summed E-state index contributed by atoms with van der Waals surface area (Å²) in [4.78, 5) is 0. The fraction of sp³-hybridized carbons (Fsp3) is 1.00. The summed E-state index contributed by atoms with van der Waals surface area (Å²) in [5.41, 5.74) is 11.4. The zero-order chi connectivity index (χ0) is 6.43. The molecule has 0 spiro atoms. The Morgan fingerprint density at radius 3 is 2.67 bits per heavy atom. The molecule has 3 nitrogen and oxygen atoms in total. The summed E-state index contributed by atoms with van der Waals surface area (Å²) in [6, 6.07) is 0.315. The lowest BCUT2D eigenvalue weighted by molar-refractivity contribution is -0.00265. The second-order valence-electron chi connectivity index (χ2n) is 2.94. The van der Waals surface area contributed by atoms with Gasteiger partial charge in [0, 0.05) is 24.6 Å². The van der Waals surface area contributed by atoms with E-state index in [1.165, 1.54) is 0 Å². The second-order valence-corrected chi connectivity index (χ2v) is 2.94. The van der Waals surface area contributed by atoms with Gasteiger partial charge in [0.1, 0.15) is 0 Å². The van der Waals surface area contributed by atoms with Crippen LogP contribution in [0.5, 0.6) is 0 Å². The van der Waals surface area contributed by atoms with Crippen molar-refractivity contribution in [3.63, 3.8) is 0 Å². The molecule has 52 valence electrons. The highest BCUT2D eigenvalue weighted by Crippen LogP contribution is 2.36. The summed E-state index contributed by atoms with van der Waals surface area (Å²) in [5, 5.41) is 0. The molecule has 4 unspecified atom stereocenters. The molecule has 0 aromatic carbocycles. The van der Waals surface area contributed by atoms with Crippen molar-refractivity contribution < 1.29 is 4.74 Å². The predicted molar refractivity (Wildman–Crippen MR) is 33.8 cm³/mol. The van der Waals surface area contributed by atoms with Crippen LogP contribution < -0.4 is 11.5 Å². The molecule has 1 saturated heterocycles. The van der Waals surface area contributed by atoms with Gasteiger partial charge in [0.15, 0.2) is 0 Å². The van der Waals surface area contributed by atoms with Crippen molar-refractivity contribution >= 4 is 0 Å². The number of ether oxygens (including phenoxy) is 1. The van der Waals surface area contributed by atoms with Gasteiger partial charge in [-0.05, 0) is 6.42 Å². The summed E-state index contributed by atoms with van der Waals surface area (Å²) in [6.45, 7) is 0.858. The molecule has 1 aliphatic heterocycles. The van der Waals surface area contributed by atoms with Crippen molar-refractivity contribution in [3.8, 4) is 0 Å². The lowest BCUT2D eigenvalue weighted by Gasteiger charge is -2.42. The van der Waals surface area contributed by atoms with Crippen LogP contribution in [-0.2, 0) is 4.74 Å². The smallest absolute Gasteiger partial charge is 0.0785 e. The maximum absolute atomic E-state index is 5.70. The van der Waals surface area contributed by atoms with Crippen LogP contribution in [0.1, 0.15) is 6.42 Å². The number of rotatable bonds is 0. The zero-order valence-electron chi connectivity index (χ0n) is 5.29. The largest absolute Gasteiger partial charge is 0.376 e. The Morgan fingerprint density at radius 2 is 2.00 bits per heavy atom. The molecule has 1 saturated carbocycles. The van der Waals surface area contributed by atoms with Crippen molar-refractivity contribution in [3.05, 3.63) is 0 Å². The van der Waals surface area contributed by atoms with Crippen LogP contribution in [0.4, 0.5) is 0 Å². The highest BCUT2D eigenvalue weighted by molar-refractivity contribution is 5.06. The molecular formula is C6H12N2O. The van der Waals surface area contributed by atoms with Gasteiger partial charge in [-0.1, -0.05) is 0 Å². The average Bonchev–Trinajstić information content (AvgIpc) is 2.30. The van der Waals surface area contributed by atoms with E-state index in [1.807, 2.05) is 0 Å². The minimum atomic E-state index is 0.109. The van der Waals surface area contributed by atoms with E-state index in [2.05, 4.69) is 0 Å². The molecule has 0 aromatic rings. The van der Waals surface area contributed by atoms with Crippen molar-refractivity contribution in [1.82, 2.24) is 0 Å². The van der Waals surface area contributed by atoms with Crippen LogP contribution in [0.2, 0.25) is 0 Å². The summed E-state index contributed by atoms with van der Waals surface area (Å²) >= 11 is 0. The number of fused-ring (bicyclic) bond motifs is 1. The number of hydrogen-bond acceptors (Lipinski definition) is 3. The van der Waals surface area contributed by atoms with E-state index in [9.17, 15) is 0 Å². The molecular weight excluding hydrogens is 116 g/mol. The molecule has 3 heteroatoms. The first-order valence-electron chi connectivity index (χ1n) is 3.43. The van der Waals surface area contributed by atoms with Crippen LogP contribution in [0.25, 0.3) is 0 Å². The van der Waals surface area contributed by atoms with E-state index in [0.29, 0.717) is 12.0 Å². The molecule has 1 heterocycles. The van der Waals surface area contributed by atoms with E-state index in [1.54, 1.807) is 0 Å². The quantitative estimate of drug-likeness (QED) is 0.442. The maximum atomic E-state index is 5.70. The highest BCUT2D eigenvalue weighted by atomic mass is 16.5. The molecule has 0 aromatic heterocycles. The SMILES string of the molecule is NC1C(N)C2OCCC12. The zero-order valence-corrected chi connectivity index (χ0v) is 5.29. The van der Waals surface area contributed by atoms with Gasteiger partial charge >= 0.3 is 0 Å². The van der Waals surface area contributed by atoms with Crippen LogP contribution in [0.3, 0.4) is 0 Å². The van der Waals surface area contributed by atoms with E-state index >= 15 is 0 Å². The molecule has 1 aliphatic carbocycles. The average molecular weight is 128 g/mol. The Kier molecular flexibility index (Phi) is 1.06. The summed E-state index contributed by atoms with van der Waals surface area (Å²) in [6.07, 6.45) is 1.40. The molecule has 2 fully saturated rings. The van der Waals surface area contributed by atoms with Crippen LogP contribution in [0.15, 0.2) is 0 Å². The Morgan fingerprint density at radius 1 is 1.22 bits per heavy atom. The fourth-order valence-electron chi connectivity index (χ4n) is 1.80. The van der Waals surface area contributed by atoms with Gasteiger partial charge in [-0.25, -0.2) is 0 Å². The minimum absolute atomic E-state index is 0.109. The topological polar surface area (TPSA) is 61.3 Å². The molecule has 4 N–H and O–H groups in total. The lowest BCUT2D eigenvalue weighted by atomic mass is 9.73. The standard InChI is InChI=1S/C6H12N2O/c7-4-3-1-2-9-6(3)5(4)8/h3-6H,1-2,7-8H2. The van der Waals surface area contributed by atoms with Gasteiger partial charge in [-0.3, -0.25) is 0 Å². The van der Waals surface area contributed by atoms with Crippen LogP contribution in [0, 0.1) is 5.92 Å². The Bertz CT molecular complexity index is 114. The Balaban J connectivity index is 2.06. The first kappa shape index (κ1) is 5.65. The molecule has 9 heavy (non-hydrogen) atoms. The Hall–Kier alpha value is -0.120. The van der Waals surface area contributed by atoms with Gasteiger partial charge in [0.25, 0.3) is 0 Å². The van der Waals surface area contributed by atoms with E-state index < -0.39 is 0 Å². The van der Waals surface area contributed by atoms with E-state index in [4.69, 9.17) is 16.2 Å². The number of nitrogens with two attached hydrogens (primary N) is 2. The predicted octanol–water partition coefficient (Wildman–Crippen LogP) is -0.940. The summed E-state index contributed by atoms with van der Waals surface area (Å²) in [7, 11) is 0. The molecule has 2 aliphatic rings. The molecule has 0 amide bonds. The summed E-state index contributed by atoms with van der Waals surface area (Å²) < 4.78 is 5.33. The molecule has 0 bridgehead atoms. The monoisotopic (exact) mass is 128 g/mol. The highest BCUT2D eigenvalue weighted by Gasteiger charge is 2.49. The molecule has 4 atom stereocenters. The Labute approximate surface area is 54.3 Å². The molecule has 0 radical (unpaired) electrons. The summed E-state index contributed by atoms with van der Waals surface area (Å²) in [5.74, 6) is 0.569. The van der Waals surface area contributed by atoms with Gasteiger partial charge < -0.3 is 16.2 Å². The van der Waals surface area contributed by atoms with E-state index in [0.717, 1.165) is 13.0 Å². The second kappa shape index (κ2) is 1.68. The fourth-order valence-corrected chi connectivity index (χ4v) is 1.80. The van der Waals surface area contributed by atoms with Crippen molar-refractivity contribution in [2.24, 2.45) is 17.4 Å². The van der Waals surface area contributed by atoms with Gasteiger partial charge in [-0.2, -0.15) is 0 Å². The number of hydrogen-bond donors (Lipinski definition) is 2. The maximum Gasteiger partial charge on any atom is 0.0785 e. The third kappa shape index (κ3) is 0.569. The van der Waals surface area contributed by atoms with E-state index in [-0.39, 0.29) is 12.1 Å². The lowest BCUT2D eigenvalue weighted by Crippen LogP contribution is -2.66.